The predicted octanol–water partition coefficient (Wildman–Crippen LogP) is 2.92. The topological polar surface area (TPSA) is 62.2 Å². The Hall–Kier alpha value is -1.24. The minimum Gasteiger partial charge on any atom is -0.480 e. The summed E-state index contributed by atoms with van der Waals surface area (Å²) < 4.78 is 0.972. The summed E-state index contributed by atoms with van der Waals surface area (Å²) in [6.07, 6.45) is 0. The zero-order valence-electron chi connectivity index (χ0n) is 9.55. The molecule has 1 unspecified atom stereocenters. The molecule has 0 fully saturated rings. The van der Waals surface area contributed by atoms with Crippen molar-refractivity contribution >= 4 is 33.2 Å². The van der Waals surface area contributed by atoms with E-state index in [9.17, 15) is 4.79 Å². The number of nitrogens with one attached hydrogen (secondary N) is 1. The Balaban J connectivity index is 2.33. The minimum absolute atomic E-state index is 0.532. The molecule has 2 N–H and O–H groups in total. The summed E-state index contributed by atoms with van der Waals surface area (Å²) in [5.74, 6) is -0.927. The molecule has 0 spiro atoms. The molecule has 0 radical (unpaired) electrons. The maximum Gasteiger partial charge on any atom is 0.327 e. The van der Waals surface area contributed by atoms with Gasteiger partial charge in [0.05, 0.1) is 5.69 Å². The van der Waals surface area contributed by atoms with Crippen molar-refractivity contribution < 1.29 is 9.90 Å². The molecule has 4 nitrogen and oxygen atoms in total. The second kappa shape index (κ2) is 5.60. The molecule has 18 heavy (non-hydrogen) atoms. The van der Waals surface area contributed by atoms with Crippen molar-refractivity contribution in [3.63, 3.8) is 0 Å². The van der Waals surface area contributed by atoms with Gasteiger partial charge in [0.1, 0.15) is 11.0 Å². The largest absolute Gasteiger partial charge is 0.480 e. The Bertz CT molecular complexity index is 571. The maximum atomic E-state index is 11.0. The van der Waals surface area contributed by atoms with Crippen molar-refractivity contribution in [1.82, 2.24) is 10.3 Å². The first-order valence-corrected chi connectivity index (χ1v) is 6.90. The van der Waals surface area contributed by atoms with Gasteiger partial charge in [0.15, 0.2) is 0 Å². The molecule has 0 amide bonds. The average molecular weight is 327 g/mol. The third-order valence-electron chi connectivity index (χ3n) is 2.42. The van der Waals surface area contributed by atoms with Gasteiger partial charge in [0.25, 0.3) is 0 Å². The number of carboxylic acids is 1. The number of carboxylic acid groups (broad SMARTS) is 1. The van der Waals surface area contributed by atoms with Crippen LogP contribution in [0.3, 0.4) is 0 Å². The molecule has 0 saturated carbocycles. The number of hydrogen-bond donors (Lipinski definition) is 2. The van der Waals surface area contributed by atoms with Crippen LogP contribution in [0.4, 0.5) is 0 Å². The Morgan fingerprint density at radius 3 is 2.94 bits per heavy atom. The van der Waals surface area contributed by atoms with Crippen LogP contribution in [0.1, 0.15) is 11.7 Å². The molecule has 1 heterocycles. The standard InChI is InChI=1S/C12H11BrN2O2S/c1-14-10(12(16)17)9-6-18-11(15-9)7-3-2-4-8(13)5-7/h2-6,10,14H,1H3,(H,16,17). The third-order valence-corrected chi connectivity index (χ3v) is 3.83. The van der Waals surface area contributed by atoms with Crippen LogP contribution in [0.5, 0.6) is 0 Å². The highest BCUT2D eigenvalue weighted by Gasteiger charge is 2.20. The lowest BCUT2D eigenvalue weighted by Gasteiger charge is -2.06. The molecule has 0 aliphatic carbocycles. The summed E-state index contributed by atoms with van der Waals surface area (Å²) in [5, 5.41) is 14.4. The van der Waals surface area contributed by atoms with Crippen molar-refractivity contribution in [3.05, 3.63) is 39.8 Å². The SMILES string of the molecule is CNC(C(=O)O)c1csc(-c2cccc(Br)c2)n1. The summed E-state index contributed by atoms with van der Waals surface area (Å²) >= 11 is 4.84. The van der Waals surface area contributed by atoms with Gasteiger partial charge in [-0.3, -0.25) is 4.79 Å². The molecule has 6 heteroatoms. The van der Waals surface area contributed by atoms with E-state index in [2.05, 4.69) is 26.2 Å². The quantitative estimate of drug-likeness (QED) is 0.906. The summed E-state index contributed by atoms with van der Waals surface area (Å²) in [7, 11) is 1.61. The highest BCUT2D eigenvalue weighted by Crippen LogP contribution is 2.28. The lowest BCUT2D eigenvalue weighted by Crippen LogP contribution is -2.25. The van der Waals surface area contributed by atoms with Crippen molar-refractivity contribution in [3.8, 4) is 10.6 Å². The lowest BCUT2D eigenvalue weighted by atomic mass is 10.2. The monoisotopic (exact) mass is 326 g/mol. The molecule has 1 aromatic carbocycles. The van der Waals surface area contributed by atoms with Crippen LogP contribution in [0.2, 0.25) is 0 Å². The predicted molar refractivity (Wildman–Crippen MR) is 74.7 cm³/mol. The Labute approximate surface area is 117 Å². The van der Waals surface area contributed by atoms with Crippen molar-refractivity contribution in [2.45, 2.75) is 6.04 Å². The molecule has 94 valence electrons. The number of rotatable bonds is 4. The van der Waals surface area contributed by atoms with E-state index in [0.29, 0.717) is 5.69 Å². The normalized spacial score (nSPS) is 12.3. The van der Waals surface area contributed by atoms with Crippen molar-refractivity contribution in [2.75, 3.05) is 7.05 Å². The van der Waals surface area contributed by atoms with E-state index in [0.717, 1.165) is 15.0 Å². The average Bonchev–Trinajstić information content (AvgIpc) is 2.79. The number of benzene rings is 1. The highest BCUT2D eigenvalue weighted by atomic mass is 79.9. The van der Waals surface area contributed by atoms with Gasteiger partial charge in [-0.15, -0.1) is 11.3 Å². The Morgan fingerprint density at radius 1 is 1.56 bits per heavy atom. The molecule has 0 bridgehead atoms. The number of hydrogen-bond acceptors (Lipinski definition) is 4. The zero-order valence-corrected chi connectivity index (χ0v) is 12.0. The maximum absolute atomic E-state index is 11.0. The fourth-order valence-corrected chi connectivity index (χ4v) is 2.81. The number of likely N-dealkylation sites (N-methyl/N-ethyl adjacent to an activating group) is 1. The van der Waals surface area contributed by atoms with E-state index < -0.39 is 12.0 Å². The van der Waals surface area contributed by atoms with Gasteiger partial charge in [-0.2, -0.15) is 0 Å². The lowest BCUT2D eigenvalue weighted by molar-refractivity contribution is -0.139. The second-order valence-electron chi connectivity index (χ2n) is 3.65. The van der Waals surface area contributed by atoms with Gasteiger partial charge in [0.2, 0.25) is 0 Å². The van der Waals surface area contributed by atoms with Crippen LogP contribution in [0.25, 0.3) is 10.6 Å². The number of halogens is 1. The van der Waals surface area contributed by atoms with Gasteiger partial charge in [0, 0.05) is 15.4 Å². The Kier molecular flexibility index (Phi) is 4.11. The van der Waals surface area contributed by atoms with E-state index >= 15 is 0 Å². The summed E-state index contributed by atoms with van der Waals surface area (Å²) in [4.78, 5) is 15.4. The molecule has 0 aliphatic heterocycles. The third kappa shape index (κ3) is 2.77. The number of aromatic nitrogens is 1. The van der Waals surface area contributed by atoms with Crippen molar-refractivity contribution in [2.24, 2.45) is 0 Å². The first kappa shape index (κ1) is 13.2. The van der Waals surface area contributed by atoms with Crippen LogP contribution in [0, 0.1) is 0 Å². The van der Waals surface area contributed by atoms with Crippen LogP contribution in [-0.4, -0.2) is 23.1 Å². The van der Waals surface area contributed by atoms with E-state index in [-0.39, 0.29) is 0 Å². The summed E-state index contributed by atoms with van der Waals surface area (Å²) in [5.41, 5.74) is 1.51. The van der Waals surface area contributed by atoms with Gasteiger partial charge in [-0.1, -0.05) is 28.1 Å². The smallest absolute Gasteiger partial charge is 0.327 e. The van der Waals surface area contributed by atoms with Gasteiger partial charge in [-0.25, -0.2) is 4.98 Å². The van der Waals surface area contributed by atoms with E-state index in [1.54, 1.807) is 12.4 Å². The van der Waals surface area contributed by atoms with Gasteiger partial charge < -0.3 is 10.4 Å². The van der Waals surface area contributed by atoms with Crippen molar-refractivity contribution in [1.29, 1.82) is 0 Å². The Morgan fingerprint density at radius 2 is 2.33 bits per heavy atom. The van der Waals surface area contributed by atoms with Gasteiger partial charge in [-0.05, 0) is 19.2 Å². The molecule has 2 aromatic rings. The fourth-order valence-electron chi connectivity index (χ4n) is 1.57. The first-order chi connectivity index (χ1) is 8.61. The molecule has 1 aromatic heterocycles. The molecule has 0 aliphatic rings. The van der Waals surface area contributed by atoms with Gasteiger partial charge >= 0.3 is 5.97 Å². The second-order valence-corrected chi connectivity index (χ2v) is 5.42. The highest BCUT2D eigenvalue weighted by molar-refractivity contribution is 9.10. The number of carbonyl (C=O) groups is 1. The molecule has 1 atom stereocenters. The fraction of sp³-hybridized carbons (Fsp3) is 0.167. The number of nitrogens with zero attached hydrogens (tertiary/aromatic N) is 1. The molecule has 0 saturated heterocycles. The number of aliphatic carboxylic acids is 1. The molecular weight excluding hydrogens is 316 g/mol. The van der Waals surface area contributed by atoms with Crippen LogP contribution in [0.15, 0.2) is 34.1 Å². The van der Waals surface area contributed by atoms with E-state index in [4.69, 9.17) is 5.11 Å². The summed E-state index contributed by atoms with van der Waals surface area (Å²) in [6.45, 7) is 0. The zero-order chi connectivity index (χ0) is 13.1. The molecule has 2 rings (SSSR count). The van der Waals surface area contributed by atoms with E-state index in [1.165, 1.54) is 11.3 Å². The van der Waals surface area contributed by atoms with Crippen LogP contribution < -0.4 is 5.32 Å². The first-order valence-electron chi connectivity index (χ1n) is 5.23. The molecular formula is C12H11BrN2O2S. The van der Waals surface area contributed by atoms with Crippen LogP contribution in [-0.2, 0) is 4.79 Å². The number of thiazole rings is 1. The van der Waals surface area contributed by atoms with E-state index in [1.807, 2.05) is 24.3 Å². The van der Waals surface area contributed by atoms with Crippen LogP contribution >= 0.6 is 27.3 Å². The summed E-state index contributed by atoms with van der Waals surface area (Å²) in [6, 6.07) is 7.00. The minimum atomic E-state index is -0.927.